The third kappa shape index (κ3) is 5.40. The van der Waals surface area contributed by atoms with Crippen molar-refractivity contribution in [2.75, 3.05) is 7.11 Å². The monoisotopic (exact) mass is 215 g/mol. The zero-order valence-corrected chi connectivity index (χ0v) is 10.2. The van der Waals surface area contributed by atoms with Crippen molar-refractivity contribution in [1.82, 2.24) is 5.32 Å². The first-order valence-electron chi connectivity index (χ1n) is 5.26. The number of rotatable bonds is 5. The molecule has 0 radical (unpaired) electrons. The summed E-state index contributed by atoms with van der Waals surface area (Å²) in [6, 6.07) is -0.433. The van der Waals surface area contributed by atoms with Crippen LogP contribution in [0.2, 0.25) is 0 Å². The van der Waals surface area contributed by atoms with Gasteiger partial charge in [0.2, 0.25) is 0 Å². The highest BCUT2D eigenvalue weighted by molar-refractivity contribution is 5.88. The molecular weight excluding hydrogens is 194 g/mol. The Morgan fingerprint density at radius 1 is 1.20 bits per heavy atom. The van der Waals surface area contributed by atoms with Crippen LogP contribution in [0.4, 0.5) is 4.79 Å². The highest BCUT2D eigenvalue weighted by Crippen LogP contribution is 2.10. The van der Waals surface area contributed by atoms with Gasteiger partial charge in [-0.1, -0.05) is 27.7 Å². The Balaban J connectivity index is 4.43. The lowest BCUT2D eigenvalue weighted by atomic mass is 9.94. The van der Waals surface area contributed by atoms with Gasteiger partial charge in [0.05, 0.1) is 13.2 Å². The summed E-state index contributed by atoms with van der Waals surface area (Å²) in [5, 5.41) is 2.57. The lowest BCUT2D eigenvalue weighted by Gasteiger charge is -2.20. The fraction of sp³-hybridized carbons (Fsp3) is 0.818. The Morgan fingerprint density at radius 2 is 1.73 bits per heavy atom. The van der Waals surface area contributed by atoms with Gasteiger partial charge in [0.15, 0.2) is 5.78 Å². The number of amides is 1. The van der Waals surface area contributed by atoms with Gasteiger partial charge in [0.1, 0.15) is 0 Å². The maximum Gasteiger partial charge on any atom is 0.407 e. The molecule has 0 aliphatic heterocycles. The van der Waals surface area contributed by atoms with E-state index in [4.69, 9.17) is 0 Å². The van der Waals surface area contributed by atoms with Gasteiger partial charge in [0.25, 0.3) is 0 Å². The van der Waals surface area contributed by atoms with Gasteiger partial charge in [0, 0.05) is 5.92 Å². The molecule has 1 atom stereocenters. The number of ether oxygens (including phenoxy) is 1. The second-order valence-corrected chi connectivity index (χ2v) is 4.38. The summed E-state index contributed by atoms with van der Waals surface area (Å²) in [7, 11) is 1.29. The molecule has 1 N–H and O–H groups in total. The second kappa shape index (κ2) is 6.43. The molecule has 0 aliphatic rings. The van der Waals surface area contributed by atoms with Crippen LogP contribution in [0.5, 0.6) is 0 Å². The molecule has 0 bridgehead atoms. The zero-order chi connectivity index (χ0) is 12.0. The van der Waals surface area contributed by atoms with Crippen LogP contribution in [-0.4, -0.2) is 25.0 Å². The Morgan fingerprint density at radius 3 is 2.07 bits per heavy atom. The van der Waals surface area contributed by atoms with Crippen LogP contribution >= 0.6 is 0 Å². The van der Waals surface area contributed by atoms with Gasteiger partial charge in [-0.3, -0.25) is 4.79 Å². The average Bonchev–Trinajstić information content (AvgIpc) is 2.14. The summed E-state index contributed by atoms with van der Waals surface area (Å²) < 4.78 is 4.49. The van der Waals surface area contributed by atoms with Gasteiger partial charge in [-0.2, -0.15) is 0 Å². The smallest absolute Gasteiger partial charge is 0.407 e. The van der Waals surface area contributed by atoms with Gasteiger partial charge < -0.3 is 10.1 Å². The predicted octanol–water partition coefficient (Wildman–Crippen LogP) is 1.98. The molecule has 4 heteroatoms. The summed E-state index contributed by atoms with van der Waals surface area (Å²) in [5.41, 5.74) is 0. The minimum atomic E-state index is -0.547. The summed E-state index contributed by atoms with van der Waals surface area (Å²) >= 11 is 0. The highest BCUT2D eigenvalue weighted by Gasteiger charge is 2.23. The topological polar surface area (TPSA) is 55.4 Å². The molecule has 0 saturated carbocycles. The number of alkyl carbamates (subject to hydrolysis) is 1. The molecule has 0 fully saturated rings. The fourth-order valence-corrected chi connectivity index (χ4v) is 1.32. The maximum atomic E-state index is 11.8. The average molecular weight is 215 g/mol. The maximum absolute atomic E-state index is 11.8. The van der Waals surface area contributed by atoms with Gasteiger partial charge in [-0.25, -0.2) is 4.79 Å². The van der Waals surface area contributed by atoms with Crippen LogP contribution in [0.1, 0.15) is 34.1 Å². The molecule has 0 saturated heterocycles. The normalized spacial score (nSPS) is 12.7. The van der Waals surface area contributed by atoms with Crippen LogP contribution in [0.25, 0.3) is 0 Å². The number of hydrogen-bond donors (Lipinski definition) is 1. The molecule has 1 unspecified atom stereocenters. The molecule has 0 aromatic heterocycles. The lowest BCUT2D eigenvalue weighted by Crippen LogP contribution is -2.43. The van der Waals surface area contributed by atoms with E-state index in [-0.39, 0.29) is 11.7 Å². The quantitative estimate of drug-likeness (QED) is 0.763. The number of carbonyl (C=O) groups is 2. The molecule has 4 nitrogen and oxygen atoms in total. The van der Waals surface area contributed by atoms with E-state index in [0.717, 1.165) is 0 Å². The number of nitrogens with one attached hydrogen (secondary N) is 1. The van der Waals surface area contributed by atoms with Crippen molar-refractivity contribution in [2.24, 2.45) is 11.8 Å². The van der Waals surface area contributed by atoms with Crippen LogP contribution in [0, 0.1) is 11.8 Å². The number of Topliss-reactive ketones (excluding diaryl/α,β-unsaturated/α-hetero) is 1. The fourth-order valence-electron chi connectivity index (χ4n) is 1.32. The predicted molar refractivity (Wildman–Crippen MR) is 58.6 cm³/mol. The summed E-state index contributed by atoms with van der Waals surface area (Å²) in [4.78, 5) is 22.8. The molecule has 88 valence electrons. The van der Waals surface area contributed by atoms with E-state index in [1.807, 2.05) is 27.7 Å². The first-order chi connectivity index (χ1) is 6.88. The Bertz CT molecular complexity index is 224. The molecule has 0 aromatic rings. The number of ketones is 1. The van der Waals surface area contributed by atoms with E-state index in [9.17, 15) is 9.59 Å². The van der Waals surface area contributed by atoms with Crippen molar-refractivity contribution in [3.05, 3.63) is 0 Å². The van der Waals surface area contributed by atoms with Crippen molar-refractivity contribution >= 4 is 11.9 Å². The van der Waals surface area contributed by atoms with Crippen molar-refractivity contribution in [1.29, 1.82) is 0 Å². The molecular formula is C11H21NO3. The zero-order valence-electron chi connectivity index (χ0n) is 10.2. The molecule has 0 heterocycles. The SMILES string of the molecule is COC(=O)NC(CC(C)C)C(=O)C(C)C. The highest BCUT2D eigenvalue weighted by atomic mass is 16.5. The number of methoxy groups -OCH3 is 1. The first kappa shape index (κ1) is 13.9. The van der Waals surface area contributed by atoms with E-state index in [0.29, 0.717) is 12.3 Å². The minimum Gasteiger partial charge on any atom is -0.453 e. The Labute approximate surface area is 91.4 Å². The van der Waals surface area contributed by atoms with Crippen LogP contribution < -0.4 is 5.32 Å². The van der Waals surface area contributed by atoms with Gasteiger partial charge in [-0.15, -0.1) is 0 Å². The molecule has 0 rings (SSSR count). The van der Waals surface area contributed by atoms with Crippen LogP contribution in [-0.2, 0) is 9.53 Å². The Hall–Kier alpha value is -1.06. The summed E-state index contributed by atoms with van der Waals surface area (Å²) in [5.74, 6) is 0.329. The minimum absolute atomic E-state index is 0.0501. The van der Waals surface area contributed by atoms with Crippen molar-refractivity contribution in [3.8, 4) is 0 Å². The van der Waals surface area contributed by atoms with E-state index in [2.05, 4.69) is 10.1 Å². The molecule has 0 spiro atoms. The lowest BCUT2D eigenvalue weighted by molar-refractivity contribution is -0.124. The van der Waals surface area contributed by atoms with E-state index < -0.39 is 12.1 Å². The first-order valence-corrected chi connectivity index (χ1v) is 5.26. The van der Waals surface area contributed by atoms with Gasteiger partial charge in [-0.05, 0) is 12.3 Å². The molecule has 0 aliphatic carbocycles. The van der Waals surface area contributed by atoms with Crippen molar-refractivity contribution in [2.45, 2.75) is 40.2 Å². The van der Waals surface area contributed by atoms with Crippen LogP contribution in [0.15, 0.2) is 0 Å². The van der Waals surface area contributed by atoms with E-state index >= 15 is 0 Å². The number of hydrogen-bond acceptors (Lipinski definition) is 3. The molecule has 0 aromatic carbocycles. The summed E-state index contributed by atoms with van der Waals surface area (Å²) in [6.45, 7) is 7.68. The van der Waals surface area contributed by atoms with Crippen LogP contribution in [0.3, 0.4) is 0 Å². The molecule has 15 heavy (non-hydrogen) atoms. The van der Waals surface area contributed by atoms with Crippen molar-refractivity contribution in [3.63, 3.8) is 0 Å². The number of carbonyl (C=O) groups excluding carboxylic acids is 2. The molecule has 1 amide bonds. The third-order valence-corrected chi connectivity index (χ3v) is 2.10. The van der Waals surface area contributed by atoms with Crippen molar-refractivity contribution < 1.29 is 14.3 Å². The summed E-state index contributed by atoms with van der Waals surface area (Å²) in [6.07, 6.45) is 0.0983. The standard InChI is InChI=1S/C11H21NO3/c1-7(2)6-9(10(13)8(3)4)12-11(14)15-5/h7-9H,6H2,1-5H3,(H,12,14). The third-order valence-electron chi connectivity index (χ3n) is 2.10. The van der Waals surface area contributed by atoms with Gasteiger partial charge >= 0.3 is 6.09 Å². The van der Waals surface area contributed by atoms with E-state index in [1.54, 1.807) is 0 Å². The van der Waals surface area contributed by atoms with E-state index in [1.165, 1.54) is 7.11 Å². The largest absolute Gasteiger partial charge is 0.453 e. The Kier molecular flexibility index (Phi) is 5.97. The second-order valence-electron chi connectivity index (χ2n) is 4.38.